The van der Waals surface area contributed by atoms with Crippen LogP contribution < -0.4 is 14.8 Å². The Morgan fingerprint density at radius 1 is 0.871 bits per heavy atom. The molecule has 2 N–H and O–H groups in total. The fourth-order valence-corrected chi connectivity index (χ4v) is 4.17. The maximum atomic E-state index is 11.0. The fourth-order valence-electron chi connectivity index (χ4n) is 4.17. The lowest BCUT2D eigenvalue weighted by Crippen LogP contribution is -2.42. The van der Waals surface area contributed by atoms with Crippen LogP contribution in [0, 0.1) is 0 Å². The summed E-state index contributed by atoms with van der Waals surface area (Å²) in [6.07, 6.45) is 1.13. The second-order valence-electron chi connectivity index (χ2n) is 8.42. The van der Waals surface area contributed by atoms with E-state index in [0.717, 1.165) is 46.6 Å². The van der Waals surface area contributed by atoms with E-state index in [1.165, 1.54) is 0 Å². The van der Waals surface area contributed by atoms with Gasteiger partial charge in [0.15, 0.2) is 11.5 Å². The molecule has 2 atom stereocenters. The molecule has 1 aliphatic rings. The van der Waals surface area contributed by atoms with Gasteiger partial charge in [-0.2, -0.15) is 0 Å². The third kappa shape index (κ3) is 5.27. The number of hydrogen-bond acceptors (Lipinski definition) is 4. The molecule has 3 aromatic carbocycles. The predicted molar refractivity (Wildman–Crippen MR) is 123 cm³/mol. The highest BCUT2D eigenvalue weighted by Crippen LogP contribution is 2.42. The number of aliphatic hydroxyl groups is 1. The van der Waals surface area contributed by atoms with Crippen molar-refractivity contribution < 1.29 is 14.6 Å². The summed E-state index contributed by atoms with van der Waals surface area (Å²) < 4.78 is 12.5. The number of rotatable bonds is 8. The van der Waals surface area contributed by atoms with Gasteiger partial charge in [-0.05, 0) is 35.6 Å². The van der Waals surface area contributed by atoms with Crippen molar-refractivity contribution in [2.24, 2.45) is 0 Å². The van der Waals surface area contributed by atoms with E-state index in [1.54, 1.807) is 0 Å². The van der Waals surface area contributed by atoms with Crippen LogP contribution in [0.25, 0.3) is 0 Å². The number of aliphatic hydroxyl groups excluding tert-OH is 1. The minimum Gasteiger partial charge on any atom is -0.485 e. The molecule has 4 rings (SSSR count). The van der Waals surface area contributed by atoms with E-state index in [0.29, 0.717) is 19.3 Å². The summed E-state index contributed by atoms with van der Waals surface area (Å²) in [7, 11) is 0. The SMILES string of the molecule is CC(C)N[C@H]1CCc2c(ccc(OCc3ccccc3)c2OCc2ccccc2)[C@@H]1O. The van der Waals surface area contributed by atoms with E-state index in [-0.39, 0.29) is 6.04 Å². The first-order chi connectivity index (χ1) is 15.1. The summed E-state index contributed by atoms with van der Waals surface area (Å²) in [5, 5.41) is 14.5. The van der Waals surface area contributed by atoms with Crippen molar-refractivity contribution >= 4 is 0 Å². The zero-order chi connectivity index (χ0) is 21.6. The maximum Gasteiger partial charge on any atom is 0.165 e. The van der Waals surface area contributed by atoms with Gasteiger partial charge in [0.25, 0.3) is 0 Å². The highest BCUT2D eigenvalue weighted by atomic mass is 16.5. The van der Waals surface area contributed by atoms with Crippen molar-refractivity contribution in [3.63, 3.8) is 0 Å². The topological polar surface area (TPSA) is 50.7 Å². The lowest BCUT2D eigenvalue weighted by Gasteiger charge is -2.33. The van der Waals surface area contributed by atoms with E-state index >= 15 is 0 Å². The lowest BCUT2D eigenvalue weighted by molar-refractivity contribution is 0.109. The normalized spacial score (nSPS) is 17.9. The minimum absolute atomic E-state index is 0.0468. The molecular weight excluding hydrogens is 386 g/mol. The van der Waals surface area contributed by atoms with Crippen LogP contribution in [-0.2, 0) is 19.6 Å². The second-order valence-corrected chi connectivity index (χ2v) is 8.42. The van der Waals surface area contributed by atoms with Gasteiger partial charge >= 0.3 is 0 Å². The van der Waals surface area contributed by atoms with Crippen LogP contribution in [0.2, 0.25) is 0 Å². The molecule has 0 radical (unpaired) electrons. The number of nitrogens with one attached hydrogen (secondary N) is 1. The predicted octanol–water partition coefficient (Wildman–Crippen LogP) is 5.19. The molecule has 0 aliphatic heterocycles. The van der Waals surface area contributed by atoms with Crippen molar-refractivity contribution in [2.45, 2.75) is 58.1 Å². The van der Waals surface area contributed by atoms with Crippen molar-refractivity contribution in [1.82, 2.24) is 5.32 Å². The molecule has 0 saturated carbocycles. The quantitative estimate of drug-likeness (QED) is 0.530. The lowest BCUT2D eigenvalue weighted by atomic mass is 9.84. The average Bonchev–Trinajstić information content (AvgIpc) is 2.79. The highest BCUT2D eigenvalue weighted by Gasteiger charge is 2.31. The molecule has 4 heteroatoms. The Morgan fingerprint density at radius 3 is 2.10 bits per heavy atom. The Kier molecular flexibility index (Phi) is 6.90. The van der Waals surface area contributed by atoms with Crippen LogP contribution in [0.1, 0.15) is 48.6 Å². The van der Waals surface area contributed by atoms with E-state index < -0.39 is 6.10 Å². The fraction of sp³-hybridized carbons (Fsp3) is 0.333. The van der Waals surface area contributed by atoms with E-state index in [2.05, 4.69) is 43.4 Å². The molecule has 3 aromatic rings. The van der Waals surface area contributed by atoms with Crippen LogP contribution in [0.5, 0.6) is 11.5 Å². The van der Waals surface area contributed by atoms with Gasteiger partial charge in [-0.3, -0.25) is 0 Å². The molecule has 0 unspecified atom stereocenters. The van der Waals surface area contributed by atoms with Gasteiger partial charge in [0.1, 0.15) is 13.2 Å². The van der Waals surface area contributed by atoms with Crippen molar-refractivity contribution in [3.05, 3.63) is 95.1 Å². The van der Waals surface area contributed by atoms with Gasteiger partial charge in [-0.1, -0.05) is 80.6 Å². The van der Waals surface area contributed by atoms with Crippen LogP contribution in [0.3, 0.4) is 0 Å². The largest absolute Gasteiger partial charge is 0.485 e. The van der Waals surface area contributed by atoms with Gasteiger partial charge in [0.05, 0.1) is 6.10 Å². The van der Waals surface area contributed by atoms with Crippen LogP contribution >= 0.6 is 0 Å². The molecule has 0 heterocycles. The molecule has 0 spiro atoms. The van der Waals surface area contributed by atoms with Gasteiger partial charge < -0.3 is 19.9 Å². The summed E-state index contributed by atoms with van der Waals surface area (Å²) in [4.78, 5) is 0. The molecule has 0 amide bonds. The summed E-state index contributed by atoms with van der Waals surface area (Å²) in [6.45, 7) is 5.15. The Bertz CT molecular complexity index is 973. The van der Waals surface area contributed by atoms with E-state index in [1.807, 2.05) is 48.5 Å². The zero-order valence-electron chi connectivity index (χ0n) is 18.3. The molecule has 162 valence electrons. The summed E-state index contributed by atoms with van der Waals surface area (Å²) in [6, 6.07) is 24.5. The zero-order valence-corrected chi connectivity index (χ0v) is 18.3. The molecule has 0 saturated heterocycles. The van der Waals surface area contributed by atoms with E-state index in [9.17, 15) is 5.11 Å². The van der Waals surface area contributed by atoms with Gasteiger partial charge in [-0.25, -0.2) is 0 Å². The third-order valence-corrected chi connectivity index (χ3v) is 5.68. The van der Waals surface area contributed by atoms with Crippen LogP contribution in [0.4, 0.5) is 0 Å². The third-order valence-electron chi connectivity index (χ3n) is 5.68. The molecule has 0 aromatic heterocycles. The molecule has 1 aliphatic carbocycles. The standard InChI is InChI=1S/C27H31NO3/c1-19(2)28-24-15-13-23-22(26(24)29)14-16-25(30-17-20-9-5-3-6-10-20)27(23)31-18-21-11-7-4-8-12-21/h3-12,14,16,19,24,26,28-29H,13,15,17-18H2,1-2H3/t24-,26-/m0/s1. The smallest absolute Gasteiger partial charge is 0.165 e. The van der Waals surface area contributed by atoms with Crippen LogP contribution in [-0.4, -0.2) is 17.2 Å². The Labute approximate surface area is 184 Å². The Hall–Kier alpha value is -2.82. The first-order valence-electron chi connectivity index (χ1n) is 11.0. The molecule has 0 fully saturated rings. The summed E-state index contributed by atoms with van der Waals surface area (Å²) >= 11 is 0. The molecular formula is C27H31NO3. The minimum atomic E-state index is -0.562. The van der Waals surface area contributed by atoms with Crippen molar-refractivity contribution in [2.75, 3.05) is 0 Å². The van der Waals surface area contributed by atoms with Crippen molar-refractivity contribution in [3.8, 4) is 11.5 Å². The monoisotopic (exact) mass is 417 g/mol. The Balaban J connectivity index is 1.61. The van der Waals surface area contributed by atoms with Crippen molar-refractivity contribution in [1.29, 1.82) is 0 Å². The second kappa shape index (κ2) is 9.99. The number of hydrogen-bond donors (Lipinski definition) is 2. The summed E-state index contributed by atoms with van der Waals surface area (Å²) in [5.74, 6) is 1.47. The molecule has 4 nitrogen and oxygen atoms in total. The maximum absolute atomic E-state index is 11.0. The number of ether oxygens (including phenoxy) is 2. The number of benzene rings is 3. The van der Waals surface area contributed by atoms with Gasteiger partial charge in [0, 0.05) is 17.6 Å². The number of fused-ring (bicyclic) bond motifs is 1. The molecule has 31 heavy (non-hydrogen) atoms. The first kappa shape index (κ1) is 21.4. The van der Waals surface area contributed by atoms with Gasteiger partial charge in [-0.15, -0.1) is 0 Å². The van der Waals surface area contributed by atoms with E-state index in [4.69, 9.17) is 9.47 Å². The average molecular weight is 418 g/mol. The Morgan fingerprint density at radius 2 is 1.48 bits per heavy atom. The highest BCUT2D eigenvalue weighted by molar-refractivity contribution is 5.53. The first-order valence-corrected chi connectivity index (χ1v) is 11.0. The molecule has 0 bridgehead atoms. The summed E-state index contributed by atoms with van der Waals surface area (Å²) in [5.41, 5.74) is 4.19. The van der Waals surface area contributed by atoms with Crippen LogP contribution in [0.15, 0.2) is 72.8 Å². The van der Waals surface area contributed by atoms with Gasteiger partial charge in [0.2, 0.25) is 0 Å².